The molecule has 3 rings (SSSR count). The molecule has 3 heterocycles. The van der Waals surface area contributed by atoms with Crippen molar-refractivity contribution < 1.29 is 13.2 Å². The van der Waals surface area contributed by atoms with Crippen LogP contribution in [-0.4, -0.2) is 11.5 Å². The number of nitrogens with zero attached hydrogens (tertiary/aromatic N) is 2. The van der Waals surface area contributed by atoms with Crippen molar-refractivity contribution in [3.8, 4) is 0 Å². The molecule has 0 radical (unpaired) electrons. The third-order valence-electron chi connectivity index (χ3n) is 3.55. The summed E-state index contributed by atoms with van der Waals surface area (Å²) in [6.45, 7) is 0.751. The van der Waals surface area contributed by atoms with Crippen molar-refractivity contribution in [2.45, 2.75) is 25.1 Å². The zero-order valence-corrected chi connectivity index (χ0v) is 12.5. The van der Waals surface area contributed by atoms with Crippen LogP contribution in [0.15, 0.2) is 29.8 Å². The summed E-state index contributed by atoms with van der Waals surface area (Å²) >= 11 is 7.68. The van der Waals surface area contributed by atoms with E-state index in [2.05, 4.69) is 4.98 Å². The highest BCUT2D eigenvalue weighted by molar-refractivity contribution is 7.10. The first-order chi connectivity index (χ1) is 9.97. The average molecular weight is 333 g/mol. The zero-order chi connectivity index (χ0) is 15.0. The first-order valence-corrected chi connectivity index (χ1v) is 7.75. The number of halogens is 4. The molecule has 0 bridgehead atoms. The molecule has 2 aromatic heterocycles. The SMILES string of the molecule is FC(F)(F)c1cnc(N2CCCC2c2cccs2)c(Cl)c1. The largest absolute Gasteiger partial charge is 0.417 e. The van der Waals surface area contributed by atoms with Gasteiger partial charge in [0.1, 0.15) is 5.82 Å². The fourth-order valence-electron chi connectivity index (χ4n) is 2.59. The molecule has 1 saturated heterocycles. The van der Waals surface area contributed by atoms with Crippen LogP contribution in [0.2, 0.25) is 5.02 Å². The second-order valence-corrected chi connectivity index (χ2v) is 6.28. The smallest absolute Gasteiger partial charge is 0.348 e. The van der Waals surface area contributed by atoms with Crippen molar-refractivity contribution in [1.29, 1.82) is 0 Å². The molecule has 0 spiro atoms. The Labute approximate surface area is 129 Å². The maximum absolute atomic E-state index is 12.7. The van der Waals surface area contributed by atoms with Crippen LogP contribution < -0.4 is 4.90 Å². The summed E-state index contributed by atoms with van der Waals surface area (Å²) in [7, 11) is 0. The van der Waals surface area contributed by atoms with E-state index in [4.69, 9.17) is 11.6 Å². The number of alkyl halides is 3. The van der Waals surface area contributed by atoms with Crippen molar-refractivity contribution in [1.82, 2.24) is 4.98 Å². The van der Waals surface area contributed by atoms with Crippen LogP contribution in [0.5, 0.6) is 0 Å². The minimum Gasteiger partial charge on any atom is -0.348 e. The molecule has 1 unspecified atom stereocenters. The van der Waals surface area contributed by atoms with Gasteiger partial charge in [0.05, 0.1) is 16.6 Å². The molecule has 0 amide bonds. The molecule has 1 aliphatic heterocycles. The number of thiophene rings is 1. The van der Waals surface area contributed by atoms with Crippen LogP contribution in [0.3, 0.4) is 0 Å². The maximum atomic E-state index is 12.7. The van der Waals surface area contributed by atoms with Crippen LogP contribution >= 0.6 is 22.9 Å². The van der Waals surface area contributed by atoms with E-state index >= 15 is 0 Å². The van der Waals surface area contributed by atoms with Gasteiger partial charge in [0, 0.05) is 17.6 Å². The van der Waals surface area contributed by atoms with Crippen molar-refractivity contribution >= 4 is 28.8 Å². The number of anilines is 1. The van der Waals surface area contributed by atoms with E-state index in [0.717, 1.165) is 31.6 Å². The van der Waals surface area contributed by atoms with Gasteiger partial charge < -0.3 is 4.90 Å². The van der Waals surface area contributed by atoms with Gasteiger partial charge in [-0.1, -0.05) is 17.7 Å². The second kappa shape index (κ2) is 5.50. The maximum Gasteiger partial charge on any atom is 0.417 e. The summed E-state index contributed by atoms with van der Waals surface area (Å²) in [5.74, 6) is 0.431. The van der Waals surface area contributed by atoms with Crippen molar-refractivity contribution in [2.75, 3.05) is 11.4 Å². The van der Waals surface area contributed by atoms with Gasteiger partial charge in [-0.2, -0.15) is 13.2 Å². The van der Waals surface area contributed by atoms with E-state index < -0.39 is 11.7 Å². The first-order valence-electron chi connectivity index (χ1n) is 6.49. The lowest BCUT2D eigenvalue weighted by Gasteiger charge is -2.26. The normalized spacial score (nSPS) is 19.2. The summed E-state index contributed by atoms with van der Waals surface area (Å²) in [6.07, 6.45) is -1.64. The van der Waals surface area contributed by atoms with E-state index in [9.17, 15) is 13.2 Å². The highest BCUT2D eigenvalue weighted by Crippen LogP contribution is 2.41. The minimum absolute atomic E-state index is 0.0493. The molecule has 2 nitrogen and oxygen atoms in total. The van der Waals surface area contributed by atoms with E-state index in [1.807, 2.05) is 22.4 Å². The summed E-state index contributed by atoms with van der Waals surface area (Å²) in [5.41, 5.74) is -0.817. The second-order valence-electron chi connectivity index (χ2n) is 4.89. The Morgan fingerprint density at radius 3 is 2.81 bits per heavy atom. The number of hydrogen-bond acceptors (Lipinski definition) is 3. The summed E-state index contributed by atoms with van der Waals surface area (Å²) in [4.78, 5) is 7.15. The molecule has 2 aromatic rings. The number of aromatic nitrogens is 1. The van der Waals surface area contributed by atoms with Gasteiger partial charge in [0.15, 0.2) is 0 Å². The monoisotopic (exact) mass is 332 g/mol. The van der Waals surface area contributed by atoms with E-state index in [1.54, 1.807) is 11.3 Å². The third kappa shape index (κ3) is 2.87. The Morgan fingerprint density at radius 2 is 2.19 bits per heavy atom. The molecule has 1 aliphatic rings. The lowest BCUT2D eigenvalue weighted by Crippen LogP contribution is -2.23. The van der Waals surface area contributed by atoms with Gasteiger partial charge in [0.25, 0.3) is 0 Å². The molecule has 21 heavy (non-hydrogen) atoms. The van der Waals surface area contributed by atoms with E-state index in [-0.39, 0.29) is 11.1 Å². The molecule has 112 valence electrons. The Kier molecular flexibility index (Phi) is 3.84. The fourth-order valence-corrected chi connectivity index (χ4v) is 3.74. The number of rotatable bonds is 2. The van der Waals surface area contributed by atoms with Crippen LogP contribution in [-0.2, 0) is 6.18 Å². The van der Waals surface area contributed by atoms with Gasteiger partial charge in [0.2, 0.25) is 0 Å². The number of hydrogen-bond donors (Lipinski definition) is 0. The van der Waals surface area contributed by atoms with E-state index in [1.165, 1.54) is 4.88 Å². The molecule has 1 fully saturated rings. The number of pyridine rings is 1. The van der Waals surface area contributed by atoms with Crippen LogP contribution in [0.4, 0.5) is 19.0 Å². The Hall–Kier alpha value is -1.27. The molecule has 7 heteroatoms. The highest BCUT2D eigenvalue weighted by Gasteiger charge is 2.34. The van der Waals surface area contributed by atoms with Gasteiger partial charge in [-0.3, -0.25) is 0 Å². The van der Waals surface area contributed by atoms with Crippen molar-refractivity contribution in [2.24, 2.45) is 0 Å². The Morgan fingerprint density at radius 1 is 1.38 bits per heavy atom. The van der Waals surface area contributed by atoms with Gasteiger partial charge in [-0.05, 0) is 30.4 Å². The third-order valence-corrected chi connectivity index (χ3v) is 4.80. The molecular formula is C14H12ClF3N2S. The molecule has 0 saturated carbocycles. The molecule has 0 aliphatic carbocycles. The van der Waals surface area contributed by atoms with Gasteiger partial charge in [-0.15, -0.1) is 11.3 Å². The zero-order valence-electron chi connectivity index (χ0n) is 10.9. The van der Waals surface area contributed by atoms with Crippen LogP contribution in [0.1, 0.15) is 29.3 Å². The molecule has 0 N–H and O–H groups in total. The predicted octanol–water partition coefficient (Wildman–Crippen LogP) is 5.16. The topological polar surface area (TPSA) is 16.1 Å². The lowest BCUT2D eigenvalue weighted by atomic mass is 10.2. The van der Waals surface area contributed by atoms with Gasteiger partial charge >= 0.3 is 6.18 Å². The predicted molar refractivity (Wildman–Crippen MR) is 77.9 cm³/mol. The lowest BCUT2D eigenvalue weighted by molar-refractivity contribution is -0.137. The fraction of sp³-hybridized carbons (Fsp3) is 0.357. The van der Waals surface area contributed by atoms with Crippen molar-refractivity contribution in [3.05, 3.63) is 45.2 Å². The summed E-state index contributed by atoms with van der Waals surface area (Å²) in [5, 5.41) is 2.04. The molecular weight excluding hydrogens is 321 g/mol. The summed E-state index contributed by atoms with van der Waals surface area (Å²) in [6, 6.07) is 5.10. The van der Waals surface area contributed by atoms with E-state index in [0.29, 0.717) is 5.82 Å². The molecule has 0 aromatic carbocycles. The first kappa shape index (κ1) is 14.7. The standard InChI is InChI=1S/C14H12ClF3N2S/c15-10-7-9(14(16,17)18)8-19-13(10)20-5-1-3-11(20)12-4-2-6-21-12/h2,4,6-8,11H,1,3,5H2. The van der Waals surface area contributed by atoms with Crippen molar-refractivity contribution in [3.63, 3.8) is 0 Å². The Balaban J connectivity index is 1.93. The summed E-state index contributed by atoms with van der Waals surface area (Å²) < 4.78 is 38.0. The van der Waals surface area contributed by atoms with Crippen LogP contribution in [0.25, 0.3) is 0 Å². The average Bonchev–Trinajstić information content (AvgIpc) is 3.08. The quantitative estimate of drug-likeness (QED) is 0.755. The minimum atomic E-state index is -4.42. The van der Waals surface area contributed by atoms with Crippen LogP contribution in [0, 0.1) is 0 Å². The highest BCUT2D eigenvalue weighted by atomic mass is 35.5. The molecule has 1 atom stereocenters. The Bertz CT molecular complexity index is 628. The van der Waals surface area contributed by atoms with Gasteiger partial charge in [-0.25, -0.2) is 4.98 Å².